The van der Waals surface area contributed by atoms with Crippen LogP contribution in [-0.2, 0) is 12.8 Å². The molecular formula is C17H18BrF. The van der Waals surface area contributed by atoms with Crippen LogP contribution in [0.3, 0.4) is 0 Å². The molecule has 0 amide bonds. The van der Waals surface area contributed by atoms with Gasteiger partial charge in [0.25, 0.3) is 0 Å². The molecule has 100 valence electrons. The summed E-state index contributed by atoms with van der Waals surface area (Å²) in [7, 11) is 0. The van der Waals surface area contributed by atoms with Gasteiger partial charge in [-0.25, -0.2) is 4.39 Å². The first-order valence-corrected chi connectivity index (χ1v) is 7.59. The Labute approximate surface area is 122 Å². The molecule has 0 aromatic heterocycles. The molecule has 2 rings (SSSR count). The highest BCUT2D eigenvalue weighted by Crippen LogP contribution is 2.33. The van der Waals surface area contributed by atoms with Crippen LogP contribution >= 0.6 is 15.9 Å². The second-order valence-corrected chi connectivity index (χ2v) is 5.53. The van der Waals surface area contributed by atoms with Crippen LogP contribution in [0, 0.1) is 5.82 Å². The Kier molecular flexibility index (Phi) is 4.76. The fourth-order valence-electron chi connectivity index (χ4n) is 2.34. The monoisotopic (exact) mass is 320 g/mol. The smallest absolute Gasteiger partial charge is 0.127 e. The Morgan fingerprint density at radius 2 is 1.68 bits per heavy atom. The molecule has 2 aromatic carbocycles. The van der Waals surface area contributed by atoms with Crippen molar-refractivity contribution in [2.75, 3.05) is 0 Å². The quantitative estimate of drug-likeness (QED) is 0.658. The van der Waals surface area contributed by atoms with Crippen LogP contribution in [-0.4, -0.2) is 0 Å². The summed E-state index contributed by atoms with van der Waals surface area (Å²) in [5.74, 6) is -0.165. The van der Waals surface area contributed by atoms with Gasteiger partial charge >= 0.3 is 0 Å². The maximum atomic E-state index is 13.8. The number of hydrogen-bond donors (Lipinski definition) is 0. The van der Waals surface area contributed by atoms with Crippen LogP contribution in [0.25, 0.3) is 0 Å². The summed E-state index contributed by atoms with van der Waals surface area (Å²) in [5.41, 5.74) is 4.52. The average molecular weight is 321 g/mol. The van der Waals surface area contributed by atoms with Crippen LogP contribution in [0.1, 0.15) is 40.9 Å². The molecule has 0 saturated heterocycles. The molecule has 0 N–H and O–H groups in total. The molecule has 0 fully saturated rings. The van der Waals surface area contributed by atoms with Gasteiger partial charge in [0.1, 0.15) is 5.82 Å². The molecular weight excluding hydrogens is 303 g/mol. The van der Waals surface area contributed by atoms with E-state index < -0.39 is 0 Å². The maximum Gasteiger partial charge on any atom is 0.127 e. The lowest BCUT2D eigenvalue weighted by molar-refractivity contribution is 0.613. The van der Waals surface area contributed by atoms with Crippen molar-refractivity contribution in [2.24, 2.45) is 0 Å². The van der Waals surface area contributed by atoms with Crippen molar-refractivity contribution >= 4 is 15.9 Å². The largest absolute Gasteiger partial charge is 0.207 e. The second kappa shape index (κ2) is 6.33. The van der Waals surface area contributed by atoms with E-state index in [0.717, 1.165) is 18.4 Å². The second-order valence-electron chi connectivity index (χ2n) is 4.62. The van der Waals surface area contributed by atoms with Gasteiger partial charge in [0.05, 0.1) is 4.83 Å². The molecule has 0 bridgehead atoms. The van der Waals surface area contributed by atoms with Crippen LogP contribution in [0.5, 0.6) is 0 Å². The van der Waals surface area contributed by atoms with Gasteiger partial charge in [-0.05, 0) is 35.6 Å². The topological polar surface area (TPSA) is 0 Å². The minimum atomic E-state index is -0.165. The van der Waals surface area contributed by atoms with Gasteiger partial charge in [-0.2, -0.15) is 0 Å². The van der Waals surface area contributed by atoms with Gasteiger partial charge in [-0.1, -0.05) is 66.2 Å². The average Bonchev–Trinajstić information content (AvgIpc) is 2.46. The van der Waals surface area contributed by atoms with E-state index in [9.17, 15) is 4.39 Å². The fourth-order valence-corrected chi connectivity index (χ4v) is 2.99. The van der Waals surface area contributed by atoms with Crippen molar-refractivity contribution in [1.82, 2.24) is 0 Å². The van der Waals surface area contributed by atoms with Crippen molar-refractivity contribution in [3.63, 3.8) is 0 Å². The van der Waals surface area contributed by atoms with Gasteiger partial charge in [-0.3, -0.25) is 0 Å². The van der Waals surface area contributed by atoms with Crippen LogP contribution < -0.4 is 0 Å². The summed E-state index contributed by atoms with van der Waals surface area (Å²) in [4.78, 5) is -0.0927. The molecule has 2 aromatic rings. The maximum absolute atomic E-state index is 13.8. The number of hydrogen-bond acceptors (Lipinski definition) is 0. The zero-order chi connectivity index (χ0) is 13.8. The van der Waals surface area contributed by atoms with Gasteiger partial charge in [0, 0.05) is 5.56 Å². The molecule has 19 heavy (non-hydrogen) atoms. The summed E-state index contributed by atoms with van der Waals surface area (Å²) in [6.07, 6.45) is 2.05. The Morgan fingerprint density at radius 1 is 1.00 bits per heavy atom. The predicted molar refractivity (Wildman–Crippen MR) is 82.4 cm³/mol. The van der Waals surface area contributed by atoms with E-state index in [1.807, 2.05) is 12.1 Å². The van der Waals surface area contributed by atoms with Gasteiger partial charge in [0.2, 0.25) is 0 Å². The van der Waals surface area contributed by atoms with Crippen molar-refractivity contribution in [3.8, 4) is 0 Å². The molecule has 0 radical (unpaired) electrons. The number of rotatable bonds is 4. The summed E-state index contributed by atoms with van der Waals surface area (Å²) in [6, 6.07) is 13.3. The molecule has 0 aliphatic carbocycles. The zero-order valence-corrected chi connectivity index (χ0v) is 12.9. The lowest BCUT2D eigenvalue weighted by Gasteiger charge is -2.15. The van der Waals surface area contributed by atoms with E-state index in [1.165, 1.54) is 17.2 Å². The zero-order valence-electron chi connectivity index (χ0n) is 11.3. The third-order valence-corrected chi connectivity index (χ3v) is 4.48. The Hall–Kier alpha value is -1.15. The number of aryl methyl sites for hydroxylation is 2. The molecule has 0 saturated carbocycles. The number of halogens is 2. The van der Waals surface area contributed by atoms with E-state index in [-0.39, 0.29) is 10.6 Å². The molecule has 1 unspecified atom stereocenters. The molecule has 0 spiro atoms. The van der Waals surface area contributed by atoms with Crippen LogP contribution in [0.4, 0.5) is 4.39 Å². The summed E-state index contributed by atoms with van der Waals surface area (Å²) >= 11 is 3.61. The normalized spacial score (nSPS) is 12.4. The standard InChI is InChI=1S/C17H18BrF/c1-3-12-9-10-14(11-13(12)4-2)17(18)15-7-5-6-8-16(15)19/h5-11,17H,3-4H2,1-2H3. The summed E-state index contributed by atoms with van der Waals surface area (Å²) < 4.78 is 13.8. The van der Waals surface area contributed by atoms with Crippen molar-refractivity contribution in [2.45, 2.75) is 31.5 Å². The van der Waals surface area contributed by atoms with E-state index in [2.05, 4.69) is 48.0 Å². The molecule has 0 nitrogen and oxygen atoms in total. The first-order valence-electron chi connectivity index (χ1n) is 6.67. The Bertz CT molecular complexity index is 563. The molecule has 1 atom stereocenters. The van der Waals surface area contributed by atoms with Gasteiger partial charge in [0.15, 0.2) is 0 Å². The Balaban J connectivity index is 2.39. The van der Waals surface area contributed by atoms with Crippen molar-refractivity contribution in [1.29, 1.82) is 0 Å². The number of benzene rings is 2. The highest BCUT2D eigenvalue weighted by atomic mass is 79.9. The fraction of sp³-hybridized carbons (Fsp3) is 0.294. The summed E-state index contributed by atoms with van der Waals surface area (Å²) in [5, 5.41) is 0. The molecule has 0 heterocycles. The van der Waals surface area contributed by atoms with Gasteiger partial charge < -0.3 is 0 Å². The minimum absolute atomic E-state index is 0.0927. The minimum Gasteiger partial charge on any atom is -0.207 e. The van der Waals surface area contributed by atoms with E-state index >= 15 is 0 Å². The third-order valence-electron chi connectivity index (χ3n) is 3.46. The number of alkyl halides is 1. The van der Waals surface area contributed by atoms with Crippen molar-refractivity contribution < 1.29 is 4.39 Å². The summed E-state index contributed by atoms with van der Waals surface area (Å²) in [6.45, 7) is 4.32. The van der Waals surface area contributed by atoms with Gasteiger partial charge in [-0.15, -0.1) is 0 Å². The lowest BCUT2D eigenvalue weighted by atomic mass is 9.96. The van der Waals surface area contributed by atoms with Crippen molar-refractivity contribution in [3.05, 3.63) is 70.5 Å². The van der Waals surface area contributed by atoms with Crippen LogP contribution in [0.15, 0.2) is 42.5 Å². The predicted octanol–water partition coefficient (Wildman–Crippen LogP) is 5.43. The molecule has 0 aliphatic rings. The third kappa shape index (κ3) is 3.06. The Morgan fingerprint density at radius 3 is 2.32 bits per heavy atom. The van der Waals surface area contributed by atoms with Crippen LogP contribution in [0.2, 0.25) is 0 Å². The van der Waals surface area contributed by atoms with E-state index in [1.54, 1.807) is 6.07 Å². The molecule has 2 heteroatoms. The first-order chi connectivity index (χ1) is 9.17. The van der Waals surface area contributed by atoms with E-state index in [4.69, 9.17) is 0 Å². The first kappa shape index (κ1) is 14.3. The highest BCUT2D eigenvalue weighted by molar-refractivity contribution is 9.09. The SMILES string of the molecule is CCc1ccc(C(Br)c2ccccc2F)cc1CC. The lowest BCUT2D eigenvalue weighted by Crippen LogP contribution is -1.99. The highest BCUT2D eigenvalue weighted by Gasteiger charge is 2.15. The van der Waals surface area contributed by atoms with E-state index in [0.29, 0.717) is 5.56 Å². The molecule has 0 aliphatic heterocycles.